The number of aliphatic hydroxyl groups is 1. The number of hydrazone groups is 1. The summed E-state index contributed by atoms with van der Waals surface area (Å²) < 4.78 is 0. The minimum atomic E-state index is -0.264. The number of anilines is 1. The van der Waals surface area contributed by atoms with Crippen LogP contribution in [0.4, 0.5) is 5.69 Å². The van der Waals surface area contributed by atoms with Gasteiger partial charge in [0.1, 0.15) is 0 Å². The van der Waals surface area contributed by atoms with Gasteiger partial charge in [-0.25, -0.2) is 5.43 Å². The third-order valence-electron chi connectivity index (χ3n) is 3.16. The maximum absolute atomic E-state index is 12.0. The first-order valence-electron chi connectivity index (χ1n) is 6.91. The van der Waals surface area contributed by atoms with Crippen molar-refractivity contribution in [1.29, 1.82) is 0 Å². The highest BCUT2D eigenvalue weighted by Gasteiger charge is 2.04. The SMILES string of the molecule is CN(C)c1ccc(C(=O)NN=Cc2cccc(CO)c2)cc1. The van der Waals surface area contributed by atoms with Crippen molar-refractivity contribution < 1.29 is 9.90 Å². The molecule has 5 heteroatoms. The van der Waals surface area contributed by atoms with Crippen molar-refractivity contribution in [2.75, 3.05) is 19.0 Å². The Hall–Kier alpha value is -2.66. The van der Waals surface area contributed by atoms with E-state index < -0.39 is 0 Å². The Labute approximate surface area is 129 Å². The molecule has 0 unspecified atom stereocenters. The summed E-state index contributed by atoms with van der Waals surface area (Å²) in [5.74, 6) is -0.264. The van der Waals surface area contributed by atoms with Crippen LogP contribution in [0.15, 0.2) is 53.6 Å². The molecule has 0 heterocycles. The van der Waals surface area contributed by atoms with Crippen LogP contribution in [0.2, 0.25) is 0 Å². The van der Waals surface area contributed by atoms with Crippen LogP contribution in [-0.4, -0.2) is 31.3 Å². The summed E-state index contributed by atoms with van der Waals surface area (Å²) in [5.41, 5.74) is 5.68. The number of nitrogens with zero attached hydrogens (tertiary/aromatic N) is 2. The topological polar surface area (TPSA) is 64.9 Å². The molecule has 0 aromatic heterocycles. The molecule has 2 aromatic rings. The Morgan fingerprint density at radius 1 is 1.23 bits per heavy atom. The molecule has 2 N–H and O–H groups in total. The van der Waals surface area contributed by atoms with E-state index in [-0.39, 0.29) is 12.5 Å². The monoisotopic (exact) mass is 297 g/mol. The summed E-state index contributed by atoms with van der Waals surface area (Å²) in [6.45, 7) is -0.0216. The number of nitrogens with one attached hydrogen (secondary N) is 1. The fraction of sp³-hybridized carbons (Fsp3) is 0.176. The maximum atomic E-state index is 12.0. The minimum Gasteiger partial charge on any atom is -0.392 e. The molecule has 0 saturated heterocycles. The van der Waals surface area contributed by atoms with Crippen LogP contribution in [0.25, 0.3) is 0 Å². The molecule has 0 spiro atoms. The van der Waals surface area contributed by atoms with E-state index in [1.54, 1.807) is 18.3 Å². The molecule has 0 aliphatic rings. The van der Waals surface area contributed by atoms with E-state index in [9.17, 15) is 4.79 Å². The summed E-state index contributed by atoms with van der Waals surface area (Å²) in [6.07, 6.45) is 1.55. The highest BCUT2D eigenvalue weighted by molar-refractivity contribution is 5.95. The highest BCUT2D eigenvalue weighted by atomic mass is 16.3. The van der Waals surface area contributed by atoms with Gasteiger partial charge in [-0.05, 0) is 41.5 Å². The molecule has 0 saturated carbocycles. The number of aliphatic hydroxyl groups excluding tert-OH is 1. The first kappa shape index (κ1) is 15.7. The number of benzene rings is 2. The van der Waals surface area contributed by atoms with Gasteiger partial charge < -0.3 is 10.0 Å². The number of rotatable bonds is 5. The first-order valence-corrected chi connectivity index (χ1v) is 6.91. The van der Waals surface area contributed by atoms with E-state index >= 15 is 0 Å². The zero-order valence-electron chi connectivity index (χ0n) is 12.7. The van der Waals surface area contributed by atoms with Gasteiger partial charge in [0.2, 0.25) is 0 Å². The van der Waals surface area contributed by atoms with Crippen molar-refractivity contribution in [3.63, 3.8) is 0 Å². The molecule has 0 bridgehead atoms. The summed E-state index contributed by atoms with van der Waals surface area (Å²) in [4.78, 5) is 13.9. The molecule has 0 fully saturated rings. The maximum Gasteiger partial charge on any atom is 0.271 e. The van der Waals surface area contributed by atoms with Gasteiger partial charge in [0.15, 0.2) is 0 Å². The fourth-order valence-electron chi connectivity index (χ4n) is 1.91. The summed E-state index contributed by atoms with van der Waals surface area (Å²) in [5, 5.41) is 13.0. The van der Waals surface area contributed by atoms with Crippen LogP contribution in [0.5, 0.6) is 0 Å². The lowest BCUT2D eigenvalue weighted by Gasteiger charge is -2.12. The largest absolute Gasteiger partial charge is 0.392 e. The third kappa shape index (κ3) is 4.17. The molecular formula is C17H19N3O2. The number of amides is 1. The minimum absolute atomic E-state index is 0.0216. The zero-order valence-corrected chi connectivity index (χ0v) is 12.7. The normalized spacial score (nSPS) is 10.7. The second kappa shape index (κ2) is 7.38. The molecule has 114 valence electrons. The Balaban J connectivity index is 1.98. The van der Waals surface area contributed by atoms with Crippen molar-refractivity contribution in [3.8, 4) is 0 Å². The van der Waals surface area contributed by atoms with Crippen LogP contribution < -0.4 is 10.3 Å². The lowest BCUT2D eigenvalue weighted by atomic mass is 10.1. The molecule has 2 aromatic carbocycles. The van der Waals surface area contributed by atoms with E-state index in [0.717, 1.165) is 16.8 Å². The fourth-order valence-corrected chi connectivity index (χ4v) is 1.91. The van der Waals surface area contributed by atoms with Gasteiger partial charge in [0.05, 0.1) is 12.8 Å². The van der Waals surface area contributed by atoms with Crippen molar-refractivity contribution >= 4 is 17.8 Å². The lowest BCUT2D eigenvalue weighted by Crippen LogP contribution is -2.18. The molecule has 1 amide bonds. The van der Waals surface area contributed by atoms with Crippen LogP contribution in [0, 0.1) is 0 Å². The first-order chi connectivity index (χ1) is 10.6. The van der Waals surface area contributed by atoms with Crippen LogP contribution in [0.1, 0.15) is 21.5 Å². The van der Waals surface area contributed by atoms with Crippen LogP contribution in [0.3, 0.4) is 0 Å². The average molecular weight is 297 g/mol. The number of carbonyl (C=O) groups is 1. The van der Waals surface area contributed by atoms with Gasteiger partial charge in [0.25, 0.3) is 5.91 Å². The van der Waals surface area contributed by atoms with Crippen molar-refractivity contribution in [1.82, 2.24) is 5.43 Å². The van der Waals surface area contributed by atoms with Gasteiger partial charge >= 0.3 is 0 Å². The molecule has 0 aliphatic carbocycles. The van der Waals surface area contributed by atoms with E-state index in [1.165, 1.54) is 0 Å². The average Bonchev–Trinajstić information content (AvgIpc) is 2.55. The van der Waals surface area contributed by atoms with Gasteiger partial charge in [-0.15, -0.1) is 0 Å². The van der Waals surface area contributed by atoms with Crippen molar-refractivity contribution in [2.24, 2.45) is 5.10 Å². The van der Waals surface area contributed by atoms with E-state index in [0.29, 0.717) is 5.56 Å². The smallest absolute Gasteiger partial charge is 0.271 e. The Morgan fingerprint density at radius 3 is 2.59 bits per heavy atom. The number of hydrogen-bond donors (Lipinski definition) is 2. The Bertz CT molecular complexity index is 664. The highest BCUT2D eigenvalue weighted by Crippen LogP contribution is 2.12. The van der Waals surface area contributed by atoms with Gasteiger partial charge in [0, 0.05) is 25.3 Å². The predicted molar refractivity (Wildman–Crippen MR) is 88.2 cm³/mol. The number of hydrogen-bond acceptors (Lipinski definition) is 4. The molecule has 0 atom stereocenters. The molecule has 0 radical (unpaired) electrons. The molecule has 2 rings (SSSR count). The Kier molecular flexibility index (Phi) is 5.27. The molecule has 0 aliphatic heterocycles. The summed E-state index contributed by atoms with van der Waals surface area (Å²) >= 11 is 0. The summed E-state index contributed by atoms with van der Waals surface area (Å²) in [7, 11) is 3.89. The van der Waals surface area contributed by atoms with Gasteiger partial charge in [-0.3, -0.25) is 4.79 Å². The molecule has 5 nitrogen and oxygen atoms in total. The van der Waals surface area contributed by atoms with Crippen LogP contribution >= 0.6 is 0 Å². The lowest BCUT2D eigenvalue weighted by molar-refractivity contribution is 0.0955. The molecular weight excluding hydrogens is 278 g/mol. The van der Waals surface area contributed by atoms with Crippen LogP contribution in [-0.2, 0) is 6.61 Å². The zero-order chi connectivity index (χ0) is 15.9. The standard InChI is InChI=1S/C17H19N3O2/c1-20(2)16-8-6-15(7-9-16)17(22)19-18-11-13-4-3-5-14(10-13)12-21/h3-11,21H,12H2,1-2H3,(H,19,22). The van der Waals surface area contributed by atoms with E-state index in [4.69, 9.17) is 5.11 Å². The van der Waals surface area contributed by atoms with Crippen molar-refractivity contribution in [3.05, 3.63) is 65.2 Å². The van der Waals surface area contributed by atoms with Gasteiger partial charge in [-0.1, -0.05) is 18.2 Å². The second-order valence-electron chi connectivity index (χ2n) is 5.04. The summed E-state index contributed by atoms with van der Waals surface area (Å²) in [6, 6.07) is 14.6. The van der Waals surface area contributed by atoms with E-state index in [1.807, 2.05) is 55.4 Å². The third-order valence-corrected chi connectivity index (χ3v) is 3.16. The predicted octanol–water partition coefficient (Wildman–Crippen LogP) is 2.01. The second-order valence-corrected chi connectivity index (χ2v) is 5.04. The van der Waals surface area contributed by atoms with Crippen molar-refractivity contribution in [2.45, 2.75) is 6.61 Å². The van der Waals surface area contributed by atoms with Gasteiger partial charge in [-0.2, -0.15) is 5.10 Å². The van der Waals surface area contributed by atoms with E-state index in [2.05, 4.69) is 10.5 Å². The number of carbonyl (C=O) groups excluding carboxylic acids is 1. The Morgan fingerprint density at radius 2 is 1.95 bits per heavy atom. The molecule has 22 heavy (non-hydrogen) atoms. The quantitative estimate of drug-likeness (QED) is 0.655.